The predicted octanol–water partition coefficient (Wildman–Crippen LogP) is 3.44. The number of thioether (sulfide) groups is 1. The van der Waals surface area contributed by atoms with E-state index in [2.05, 4.69) is 15.3 Å². The van der Waals surface area contributed by atoms with Crippen LogP contribution in [0.1, 0.15) is 31.2 Å². The maximum absolute atomic E-state index is 13.0. The minimum atomic E-state index is -5.08. The summed E-state index contributed by atoms with van der Waals surface area (Å²) in [5.74, 6) is -5.05. The number of halogens is 5. The number of amidine groups is 1. The van der Waals surface area contributed by atoms with Crippen LogP contribution in [0.5, 0.6) is 0 Å². The van der Waals surface area contributed by atoms with Crippen molar-refractivity contribution in [2.45, 2.75) is 49.9 Å². The van der Waals surface area contributed by atoms with Crippen molar-refractivity contribution >= 4 is 46.0 Å². The van der Waals surface area contributed by atoms with Crippen molar-refractivity contribution in [3.05, 3.63) is 10.4 Å². The molecule has 3 aliphatic rings. The second-order valence-electron chi connectivity index (χ2n) is 8.03. The van der Waals surface area contributed by atoms with Crippen LogP contribution < -0.4 is 11.1 Å². The van der Waals surface area contributed by atoms with E-state index < -0.39 is 48.3 Å². The Labute approximate surface area is 193 Å². The van der Waals surface area contributed by atoms with Crippen LogP contribution in [0.15, 0.2) is 10.4 Å². The number of aliphatic imine (C=N–C) groups is 1. The highest BCUT2D eigenvalue weighted by atomic mass is 32.2. The number of carbonyl (C=O) groups is 2. The number of nitrogens with two attached hydrogens (primary N) is 1. The first-order valence-electron chi connectivity index (χ1n) is 9.76. The third-order valence-electron chi connectivity index (χ3n) is 5.45. The van der Waals surface area contributed by atoms with Crippen LogP contribution in [0.2, 0.25) is 0 Å². The standard InChI is InChI=1S/C16H20F2N4O2S2.C2HF3O2/c1-8-2-10-5-26-14(19)22-16(10,7-24-8)13-21-11(6-25-13)20-12(23)9-3-15(17,18)4-9;3-2(4,5)1(6)7/h6,8-10H,2-5,7H2,1H3,(H2,19,22)(H,20,23);(H,6,7)/t8-,10-,16-;/m0./s1. The number of thiazole rings is 1. The van der Waals surface area contributed by atoms with Gasteiger partial charge in [0.1, 0.15) is 16.4 Å². The van der Waals surface area contributed by atoms with Gasteiger partial charge in [-0.3, -0.25) is 4.79 Å². The molecule has 3 heterocycles. The van der Waals surface area contributed by atoms with E-state index in [1.165, 1.54) is 23.1 Å². The maximum Gasteiger partial charge on any atom is 0.490 e. The molecule has 184 valence electrons. The summed E-state index contributed by atoms with van der Waals surface area (Å²) in [5, 5.41) is 12.8. The molecule has 2 aliphatic heterocycles. The molecule has 1 saturated heterocycles. The minimum absolute atomic E-state index is 0.155. The molecule has 0 bridgehead atoms. The second-order valence-corrected chi connectivity index (χ2v) is 9.93. The van der Waals surface area contributed by atoms with Gasteiger partial charge in [0.15, 0.2) is 5.17 Å². The lowest BCUT2D eigenvalue weighted by atomic mass is 9.80. The number of rotatable bonds is 3. The lowest BCUT2D eigenvalue weighted by molar-refractivity contribution is -0.192. The smallest absolute Gasteiger partial charge is 0.475 e. The fourth-order valence-corrected chi connectivity index (χ4v) is 5.66. The van der Waals surface area contributed by atoms with E-state index in [-0.39, 0.29) is 12.0 Å². The summed E-state index contributed by atoms with van der Waals surface area (Å²) in [6.07, 6.45) is -4.86. The molecular formula is C18H21F5N4O4S2. The van der Waals surface area contributed by atoms with Gasteiger partial charge in [-0.2, -0.15) is 13.2 Å². The van der Waals surface area contributed by atoms with Crippen molar-refractivity contribution < 1.29 is 41.4 Å². The number of hydrogen-bond donors (Lipinski definition) is 3. The predicted molar refractivity (Wildman–Crippen MR) is 111 cm³/mol. The van der Waals surface area contributed by atoms with E-state index in [0.29, 0.717) is 17.6 Å². The van der Waals surface area contributed by atoms with Gasteiger partial charge in [-0.15, -0.1) is 11.3 Å². The fraction of sp³-hybridized carbons (Fsp3) is 0.667. The summed E-state index contributed by atoms with van der Waals surface area (Å²) < 4.78 is 63.5. The average molecular weight is 517 g/mol. The molecule has 1 aromatic rings. The monoisotopic (exact) mass is 516 g/mol. The Balaban J connectivity index is 0.000000383. The Morgan fingerprint density at radius 1 is 1.33 bits per heavy atom. The van der Waals surface area contributed by atoms with Gasteiger partial charge in [-0.1, -0.05) is 11.8 Å². The van der Waals surface area contributed by atoms with Gasteiger partial charge >= 0.3 is 12.1 Å². The number of carboxylic acid groups (broad SMARTS) is 1. The zero-order valence-corrected chi connectivity index (χ0v) is 18.8. The number of ether oxygens (including phenoxy) is 1. The van der Waals surface area contributed by atoms with E-state index >= 15 is 0 Å². The van der Waals surface area contributed by atoms with E-state index in [1.54, 1.807) is 5.38 Å². The van der Waals surface area contributed by atoms with E-state index in [1.807, 2.05) is 6.92 Å². The largest absolute Gasteiger partial charge is 0.490 e. The lowest BCUT2D eigenvalue weighted by Crippen LogP contribution is -2.49. The Morgan fingerprint density at radius 3 is 2.55 bits per heavy atom. The molecule has 1 amide bonds. The SMILES string of the molecule is C[C@H]1C[C@H]2CSC(N)=N[C@@]2(c2nc(NC(=O)C3CC(F)(F)C3)cs2)CO1.O=C(O)C(F)(F)F. The molecule has 8 nitrogen and oxygen atoms in total. The summed E-state index contributed by atoms with van der Waals surface area (Å²) in [6.45, 7) is 2.44. The van der Waals surface area contributed by atoms with Crippen molar-refractivity contribution in [2.75, 3.05) is 17.7 Å². The molecule has 0 spiro atoms. The van der Waals surface area contributed by atoms with Crippen molar-refractivity contribution in [1.82, 2.24) is 4.98 Å². The van der Waals surface area contributed by atoms with Crippen molar-refractivity contribution in [3.63, 3.8) is 0 Å². The Bertz CT molecular complexity index is 933. The quantitative estimate of drug-likeness (QED) is 0.526. The first kappa shape index (κ1) is 25.6. The maximum atomic E-state index is 13.0. The Hall–Kier alpha value is -2.00. The van der Waals surface area contributed by atoms with Crippen LogP contribution in [-0.2, 0) is 19.9 Å². The molecule has 1 aliphatic carbocycles. The number of alkyl halides is 5. The molecule has 15 heteroatoms. The second kappa shape index (κ2) is 9.33. The number of nitrogens with zero attached hydrogens (tertiary/aromatic N) is 2. The van der Waals surface area contributed by atoms with Gasteiger partial charge in [0, 0.05) is 35.8 Å². The van der Waals surface area contributed by atoms with Crippen LogP contribution in [0.4, 0.5) is 27.8 Å². The van der Waals surface area contributed by atoms with Gasteiger partial charge in [-0.05, 0) is 13.3 Å². The fourth-order valence-electron chi connectivity index (χ4n) is 3.68. The number of fused-ring (bicyclic) bond motifs is 1. The summed E-state index contributed by atoms with van der Waals surface area (Å²) in [7, 11) is 0. The topological polar surface area (TPSA) is 127 Å². The Kier molecular flexibility index (Phi) is 7.24. The van der Waals surface area contributed by atoms with E-state index in [4.69, 9.17) is 20.4 Å². The first-order valence-corrected chi connectivity index (χ1v) is 11.6. The van der Waals surface area contributed by atoms with Crippen LogP contribution in [0, 0.1) is 11.8 Å². The molecule has 0 radical (unpaired) electrons. The van der Waals surface area contributed by atoms with Crippen LogP contribution in [-0.4, -0.2) is 57.7 Å². The normalized spacial score (nSPS) is 29.0. The first-order chi connectivity index (χ1) is 15.2. The van der Waals surface area contributed by atoms with Gasteiger partial charge in [0.25, 0.3) is 0 Å². The molecule has 4 N–H and O–H groups in total. The zero-order chi connectivity index (χ0) is 24.6. The lowest BCUT2D eigenvalue weighted by Gasteiger charge is -2.44. The molecule has 1 aromatic heterocycles. The van der Waals surface area contributed by atoms with Crippen LogP contribution in [0.3, 0.4) is 0 Å². The van der Waals surface area contributed by atoms with Gasteiger partial charge < -0.3 is 20.9 Å². The summed E-state index contributed by atoms with van der Waals surface area (Å²) in [5.41, 5.74) is 5.34. The number of carboxylic acids is 1. The summed E-state index contributed by atoms with van der Waals surface area (Å²) in [4.78, 5) is 30.2. The molecule has 3 atom stereocenters. The Morgan fingerprint density at radius 2 is 1.97 bits per heavy atom. The van der Waals surface area contributed by atoms with Crippen molar-refractivity contribution in [3.8, 4) is 0 Å². The van der Waals surface area contributed by atoms with Crippen LogP contribution >= 0.6 is 23.1 Å². The van der Waals surface area contributed by atoms with Gasteiger partial charge in [0.05, 0.1) is 12.7 Å². The third-order valence-corrected chi connectivity index (χ3v) is 7.42. The van der Waals surface area contributed by atoms with Crippen molar-refractivity contribution in [2.24, 2.45) is 22.6 Å². The number of anilines is 1. The number of amides is 1. The number of hydrogen-bond acceptors (Lipinski definition) is 8. The average Bonchev–Trinajstić information content (AvgIpc) is 3.15. The summed E-state index contributed by atoms with van der Waals surface area (Å²) >= 11 is 2.93. The molecule has 0 unspecified atom stereocenters. The number of aliphatic carboxylic acids is 1. The highest BCUT2D eigenvalue weighted by Crippen LogP contribution is 2.47. The molecule has 4 rings (SSSR count). The molecule has 1 saturated carbocycles. The highest BCUT2D eigenvalue weighted by Gasteiger charge is 2.50. The van der Waals surface area contributed by atoms with Gasteiger partial charge in [0.2, 0.25) is 11.8 Å². The van der Waals surface area contributed by atoms with Crippen LogP contribution in [0.25, 0.3) is 0 Å². The number of carbonyl (C=O) groups excluding carboxylic acids is 1. The minimum Gasteiger partial charge on any atom is -0.475 e. The third kappa shape index (κ3) is 5.93. The number of nitrogens with one attached hydrogen (secondary N) is 1. The highest BCUT2D eigenvalue weighted by molar-refractivity contribution is 8.13. The molecule has 2 fully saturated rings. The molecule has 0 aromatic carbocycles. The van der Waals surface area contributed by atoms with Crippen molar-refractivity contribution in [1.29, 1.82) is 0 Å². The van der Waals surface area contributed by atoms with E-state index in [0.717, 1.165) is 17.2 Å². The van der Waals surface area contributed by atoms with Gasteiger partial charge in [-0.25, -0.2) is 23.6 Å². The zero-order valence-electron chi connectivity index (χ0n) is 17.2. The molecule has 33 heavy (non-hydrogen) atoms. The van der Waals surface area contributed by atoms with E-state index in [9.17, 15) is 26.7 Å². The number of aromatic nitrogens is 1. The molecular weight excluding hydrogens is 495 g/mol. The summed E-state index contributed by atoms with van der Waals surface area (Å²) in [6, 6.07) is 0.